The molecular weight excluding hydrogens is 202 g/mol. The summed E-state index contributed by atoms with van der Waals surface area (Å²) in [5, 5.41) is 8.79. The number of hydrogen-bond acceptors (Lipinski definition) is 2. The fraction of sp³-hybridized carbons (Fsp3) is 0.538. The highest BCUT2D eigenvalue weighted by atomic mass is 16.4. The Hall–Kier alpha value is -1.38. The van der Waals surface area contributed by atoms with E-state index in [2.05, 4.69) is 18.8 Å². The van der Waals surface area contributed by atoms with Crippen molar-refractivity contribution in [1.82, 2.24) is 4.98 Å². The van der Waals surface area contributed by atoms with Crippen molar-refractivity contribution in [2.75, 3.05) is 0 Å². The van der Waals surface area contributed by atoms with Crippen molar-refractivity contribution in [3.63, 3.8) is 0 Å². The first-order valence-electron chi connectivity index (χ1n) is 5.78. The molecule has 16 heavy (non-hydrogen) atoms. The van der Waals surface area contributed by atoms with Gasteiger partial charge in [-0.05, 0) is 31.4 Å². The molecule has 0 saturated carbocycles. The van der Waals surface area contributed by atoms with Crippen LogP contribution < -0.4 is 0 Å². The summed E-state index contributed by atoms with van der Waals surface area (Å²) < 4.78 is 0. The first kappa shape index (κ1) is 12.7. The van der Waals surface area contributed by atoms with Gasteiger partial charge >= 0.3 is 5.97 Å². The van der Waals surface area contributed by atoms with E-state index in [0.717, 1.165) is 18.5 Å². The monoisotopic (exact) mass is 221 g/mol. The molecule has 0 aliphatic heterocycles. The second kappa shape index (κ2) is 5.64. The summed E-state index contributed by atoms with van der Waals surface area (Å²) in [5.74, 6) is -0.734. The number of aromatic nitrogens is 1. The Labute approximate surface area is 96.5 Å². The predicted molar refractivity (Wildman–Crippen MR) is 63.4 cm³/mol. The van der Waals surface area contributed by atoms with Gasteiger partial charge in [0.15, 0.2) is 0 Å². The van der Waals surface area contributed by atoms with Gasteiger partial charge in [0.2, 0.25) is 0 Å². The predicted octanol–water partition coefficient (Wildman–Crippen LogP) is 3.00. The van der Waals surface area contributed by atoms with Gasteiger partial charge in [-0.25, -0.2) is 0 Å². The van der Waals surface area contributed by atoms with Crippen LogP contribution >= 0.6 is 0 Å². The Bertz CT molecular complexity index is 331. The lowest BCUT2D eigenvalue weighted by molar-refractivity contribution is -0.137. The van der Waals surface area contributed by atoms with E-state index < -0.39 is 5.97 Å². The molecule has 0 spiro atoms. The lowest BCUT2D eigenvalue weighted by Crippen LogP contribution is -2.26. The molecule has 0 unspecified atom stereocenters. The highest BCUT2D eigenvalue weighted by Gasteiger charge is 2.30. The minimum Gasteiger partial charge on any atom is -0.481 e. The topological polar surface area (TPSA) is 50.2 Å². The Morgan fingerprint density at radius 2 is 2.06 bits per heavy atom. The van der Waals surface area contributed by atoms with Crippen LogP contribution in [0.3, 0.4) is 0 Å². The Morgan fingerprint density at radius 1 is 1.38 bits per heavy atom. The number of rotatable bonds is 6. The van der Waals surface area contributed by atoms with Gasteiger partial charge in [-0.2, -0.15) is 0 Å². The first-order valence-corrected chi connectivity index (χ1v) is 5.78. The van der Waals surface area contributed by atoms with E-state index in [1.54, 1.807) is 6.20 Å². The molecule has 0 bridgehead atoms. The highest BCUT2D eigenvalue weighted by molar-refractivity contribution is 5.66. The van der Waals surface area contributed by atoms with E-state index in [-0.39, 0.29) is 11.8 Å². The largest absolute Gasteiger partial charge is 0.481 e. The Balaban J connectivity index is 2.92. The Morgan fingerprint density at radius 3 is 2.50 bits per heavy atom. The maximum Gasteiger partial charge on any atom is 0.303 e. The lowest BCUT2D eigenvalue weighted by atomic mass is 9.75. The Kier molecular flexibility index (Phi) is 4.47. The van der Waals surface area contributed by atoms with Gasteiger partial charge in [-0.3, -0.25) is 9.78 Å². The second-order valence-corrected chi connectivity index (χ2v) is 4.10. The van der Waals surface area contributed by atoms with E-state index in [1.165, 1.54) is 0 Å². The molecule has 1 aromatic heterocycles. The van der Waals surface area contributed by atoms with E-state index in [0.29, 0.717) is 6.42 Å². The third-order valence-corrected chi connectivity index (χ3v) is 3.38. The molecule has 0 amide bonds. The van der Waals surface area contributed by atoms with Crippen LogP contribution in [0.4, 0.5) is 0 Å². The summed E-state index contributed by atoms with van der Waals surface area (Å²) >= 11 is 0. The van der Waals surface area contributed by atoms with Gasteiger partial charge in [0.05, 0.1) is 0 Å². The minimum atomic E-state index is -0.734. The fourth-order valence-corrected chi connectivity index (χ4v) is 2.12. The average Bonchev–Trinajstić information content (AvgIpc) is 2.32. The summed E-state index contributed by atoms with van der Waals surface area (Å²) in [6.45, 7) is 4.19. The molecule has 0 saturated heterocycles. The maximum absolute atomic E-state index is 10.7. The van der Waals surface area contributed by atoms with Crippen molar-refractivity contribution in [2.45, 2.75) is 44.9 Å². The van der Waals surface area contributed by atoms with E-state index in [1.807, 2.05) is 18.2 Å². The molecule has 88 valence electrons. The van der Waals surface area contributed by atoms with Crippen LogP contribution in [-0.2, 0) is 10.2 Å². The van der Waals surface area contributed by atoms with Gasteiger partial charge in [0.25, 0.3) is 0 Å². The molecular formula is C13H19NO2. The van der Waals surface area contributed by atoms with E-state index in [9.17, 15) is 4.79 Å². The maximum atomic E-state index is 10.7. The number of aliphatic carboxylic acids is 1. The normalized spacial score (nSPS) is 11.4. The van der Waals surface area contributed by atoms with Gasteiger partial charge in [0, 0.05) is 23.7 Å². The molecule has 0 atom stereocenters. The third kappa shape index (κ3) is 2.81. The van der Waals surface area contributed by atoms with Crippen molar-refractivity contribution in [1.29, 1.82) is 0 Å². The number of carboxylic acids is 1. The van der Waals surface area contributed by atoms with Crippen LogP contribution in [0.5, 0.6) is 0 Å². The van der Waals surface area contributed by atoms with Crippen molar-refractivity contribution in [3.05, 3.63) is 30.1 Å². The fourth-order valence-electron chi connectivity index (χ4n) is 2.12. The number of pyridine rings is 1. The van der Waals surface area contributed by atoms with Crippen molar-refractivity contribution in [2.24, 2.45) is 0 Å². The minimum absolute atomic E-state index is 0.0837. The molecule has 3 heteroatoms. The van der Waals surface area contributed by atoms with Crippen LogP contribution in [0, 0.1) is 0 Å². The molecule has 1 aromatic rings. The molecule has 0 radical (unpaired) electrons. The van der Waals surface area contributed by atoms with E-state index >= 15 is 0 Å². The average molecular weight is 221 g/mol. The zero-order valence-electron chi connectivity index (χ0n) is 9.94. The summed E-state index contributed by atoms with van der Waals surface area (Å²) in [7, 11) is 0. The van der Waals surface area contributed by atoms with Crippen LogP contribution in [0.1, 0.15) is 45.2 Å². The van der Waals surface area contributed by atoms with Crippen LogP contribution in [0.25, 0.3) is 0 Å². The molecule has 3 nitrogen and oxygen atoms in total. The first-order chi connectivity index (χ1) is 7.64. The van der Waals surface area contributed by atoms with Crippen molar-refractivity contribution in [3.8, 4) is 0 Å². The zero-order valence-corrected chi connectivity index (χ0v) is 9.94. The van der Waals surface area contributed by atoms with Crippen LogP contribution in [0.15, 0.2) is 24.4 Å². The highest BCUT2D eigenvalue weighted by Crippen LogP contribution is 2.34. The van der Waals surface area contributed by atoms with Crippen molar-refractivity contribution < 1.29 is 9.90 Å². The second-order valence-electron chi connectivity index (χ2n) is 4.10. The molecule has 1 rings (SSSR count). The van der Waals surface area contributed by atoms with Gasteiger partial charge < -0.3 is 5.11 Å². The number of carboxylic acid groups (broad SMARTS) is 1. The molecule has 1 N–H and O–H groups in total. The van der Waals surface area contributed by atoms with E-state index in [4.69, 9.17) is 5.11 Å². The smallest absolute Gasteiger partial charge is 0.303 e. The third-order valence-electron chi connectivity index (χ3n) is 3.38. The summed E-state index contributed by atoms with van der Waals surface area (Å²) in [6.07, 6.45) is 4.49. The van der Waals surface area contributed by atoms with Gasteiger partial charge in [0.1, 0.15) is 0 Å². The SMILES string of the molecule is CCC(CC)(CCC(=O)O)c1ccccn1. The van der Waals surface area contributed by atoms with Crippen LogP contribution in [-0.4, -0.2) is 16.1 Å². The number of nitrogens with zero attached hydrogens (tertiary/aromatic N) is 1. The number of carbonyl (C=O) groups is 1. The standard InChI is InChI=1S/C13H19NO2/c1-3-13(4-2,9-8-12(15)16)11-7-5-6-10-14-11/h5-7,10H,3-4,8-9H2,1-2H3,(H,15,16). The zero-order chi connectivity index (χ0) is 12.0. The van der Waals surface area contributed by atoms with Gasteiger partial charge in [-0.1, -0.05) is 19.9 Å². The lowest BCUT2D eigenvalue weighted by Gasteiger charge is -2.30. The summed E-state index contributed by atoms with van der Waals surface area (Å²) in [6, 6.07) is 5.84. The molecule has 0 fully saturated rings. The molecule has 0 aromatic carbocycles. The summed E-state index contributed by atoms with van der Waals surface area (Å²) in [5.41, 5.74) is 0.931. The summed E-state index contributed by atoms with van der Waals surface area (Å²) in [4.78, 5) is 15.1. The van der Waals surface area contributed by atoms with Crippen molar-refractivity contribution >= 4 is 5.97 Å². The van der Waals surface area contributed by atoms with Crippen LogP contribution in [0.2, 0.25) is 0 Å². The quantitative estimate of drug-likeness (QED) is 0.803. The molecule has 1 heterocycles. The number of hydrogen-bond donors (Lipinski definition) is 1. The molecule has 0 aliphatic rings. The van der Waals surface area contributed by atoms with Gasteiger partial charge in [-0.15, -0.1) is 0 Å². The molecule has 0 aliphatic carbocycles.